The molecule has 0 aliphatic rings. The predicted molar refractivity (Wildman–Crippen MR) is 73.5 cm³/mol. The lowest BCUT2D eigenvalue weighted by Gasteiger charge is -2.30. The van der Waals surface area contributed by atoms with Crippen molar-refractivity contribution in [2.24, 2.45) is 23.5 Å². The lowest BCUT2D eigenvalue weighted by atomic mass is 9.99. The van der Waals surface area contributed by atoms with Gasteiger partial charge in [0.25, 0.3) is 0 Å². The molecule has 2 heteroatoms. The van der Waals surface area contributed by atoms with E-state index in [0.717, 1.165) is 18.4 Å². The first-order valence-electron chi connectivity index (χ1n) is 6.84. The van der Waals surface area contributed by atoms with E-state index in [2.05, 4.69) is 46.4 Å². The van der Waals surface area contributed by atoms with Crippen LogP contribution in [0.25, 0.3) is 0 Å². The molecule has 0 heterocycles. The van der Waals surface area contributed by atoms with Crippen LogP contribution in [-0.2, 0) is 0 Å². The molecule has 0 aromatic heterocycles. The number of rotatable bonds is 8. The average molecular weight is 228 g/mol. The van der Waals surface area contributed by atoms with Crippen LogP contribution in [0, 0.1) is 17.8 Å². The Kier molecular flexibility index (Phi) is 8.04. The van der Waals surface area contributed by atoms with Gasteiger partial charge in [0.2, 0.25) is 0 Å². The summed E-state index contributed by atoms with van der Waals surface area (Å²) in [6.07, 6.45) is 1.18. The van der Waals surface area contributed by atoms with E-state index in [0.29, 0.717) is 12.0 Å². The third-order valence-corrected chi connectivity index (χ3v) is 3.09. The van der Waals surface area contributed by atoms with Gasteiger partial charge in [0, 0.05) is 25.7 Å². The highest BCUT2D eigenvalue weighted by Gasteiger charge is 2.16. The monoisotopic (exact) mass is 228 g/mol. The molecule has 0 spiro atoms. The second-order valence-corrected chi connectivity index (χ2v) is 6.06. The first-order chi connectivity index (χ1) is 7.36. The van der Waals surface area contributed by atoms with Crippen LogP contribution in [0.5, 0.6) is 0 Å². The summed E-state index contributed by atoms with van der Waals surface area (Å²) >= 11 is 0. The van der Waals surface area contributed by atoms with Crippen LogP contribution in [-0.4, -0.2) is 30.6 Å². The van der Waals surface area contributed by atoms with Crippen LogP contribution in [0.15, 0.2) is 0 Å². The van der Waals surface area contributed by atoms with Gasteiger partial charge in [-0.3, -0.25) is 0 Å². The van der Waals surface area contributed by atoms with E-state index in [1.807, 2.05) is 0 Å². The molecule has 2 atom stereocenters. The third-order valence-electron chi connectivity index (χ3n) is 3.09. The van der Waals surface area contributed by atoms with Gasteiger partial charge >= 0.3 is 0 Å². The summed E-state index contributed by atoms with van der Waals surface area (Å²) in [6.45, 7) is 17.0. The van der Waals surface area contributed by atoms with Crippen molar-refractivity contribution in [3.63, 3.8) is 0 Å². The second-order valence-electron chi connectivity index (χ2n) is 6.06. The molecule has 16 heavy (non-hydrogen) atoms. The maximum atomic E-state index is 6.24. The molecule has 0 aromatic carbocycles. The zero-order chi connectivity index (χ0) is 12.7. The highest BCUT2D eigenvalue weighted by molar-refractivity contribution is 4.74. The summed E-state index contributed by atoms with van der Waals surface area (Å²) in [5.74, 6) is 2.08. The van der Waals surface area contributed by atoms with Crippen LogP contribution < -0.4 is 5.73 Å². The van der Waals surface area contributed by atoms with E-state index in [-0.39, 0.29) is 0 Å². The number of hydrogen-bond donors (Lipinski definition) is 1. The molecule has 0 saturated heterocycles. The highest BCUT2D eigenvalue weighted by atomic mass is 15.1. The summed E-state index contributed by atoms with van der Waals surface area (Å²) < 4.78 is 0. The van der Waals surface area contributed by atoms with Crippen molar-refractivity contribution in [2.75, 3.05) is 19.6 Å². The number of hydrogen-bond acceptors (Lipinski definition) is 2. The summed E-state index contributed by atoms with van der Waals surface area (Å²) in [7, 11) is 0. The van der Waals surface area contributed by atoms with Crippen molar-refractivity contribution in [1.82, 2.24) is 4.90 Å². The average Bonchev–Trinajstić information content (AvgIpc) is 2.14. The summed E-state index contributed by atoms with van der Waals surface area (Å²) in [6, 6.07) is 0.322. The molecule has 0 aliphatic carbocycles. The van der Waals surface area contributed by atoms with Crippen LogP contribution in [0.3, 0.4) is 0 Å². The fraction of sp³-hybridized carbons (Fsp3) is 1.00. The van der Waals surface area contributed by atoms with E-state index in [1.54, 1.807) is 0 Å². The standard InChI is InChI=1S/C14H32N2/c1-7-13(6)14(15)10-16(8-11(2)3)9-12(4)5/h11-14H,7-10,15H2,1-6H3/t13-,14-/m1/s1. The molecular weight excluding hydrogens is 196 g/mol. The smallest absolute Gasteiger partial charge is 0.0193 e. The van der Waals surface area contributed by atoms with Crippen molar-refractivity contribution >= 4 is 0 Å². The molecular formula is C14H32N2. The van der Waals surface area contributed by atoms with Gasteiger partial charge in [-0.1, -0.05) is 48.0 Å². The minimum Gasteiger partial charge on any atom is -0.326 e. The molecule has 0 radical (unpaired) electrons. The number of nitrogens with two attached hydrogens (primary N) is 1. The van der Waals surface area contributed by atoms with Gasteiger partial charge in [-0.05, 0) is 17.8 Å². The lowest BCUT2D eigenvalue weighted by Crippen LogP contribution is -2.44. The Bertz CT molecular complexity index is 156. The largest absolute Gasteiger partial charge is 0.326 e. The Hall–Kier alpha value is -0.0800. The minimum absolute atomic E-state index is 0.322. The maximum Gasteiger partial charge on any atom is 0.0193 e. The Balaban J connectivity index is 4.18. The van der Waals surface area contributed by atoms with Crippen LogP contribution in [0.2, 0.25) is 0 Å². The molecule has 98 valence electrons. The van der Waals surface area contributed by atoms with E-state index < -0.39 is 0 Å². The van der Waals surface area contributed by atoms with Crippen molar-refractivity contribution in [2.45, 2.75) is 54.0 Å². The predicted octanol–water partition coefficient (Wildman–Crippen LogP) is 2.97. The zero-order valence-electron chi connectivity index (χ0n) is 12.2. The second kappa shape index (κ2) is 8.08. The first-order valence-corrected chi connectivity index (χ1v) is 6.84. The van der Waals surface area contributed by atoms with Crippen LogP contribution in [0.1, 0.15) is 48.0 Å². The Morgan fingerprint density at radius 2 is 1.31 bits per heavy atom. The van der Waals surface area contributed by atoms with Crippen LogP contribution >= 0.6 is 0 Å². The van der Waals surface area contributed by atoms with Crippen molar-refractivity contribution in [3.05, 3.63) is 0 Å². The van der Waals surface area contributed by atoms with Crippen molar-refractivity contribution in [1.29, 1.82) is 0 Å². The topological polar surface area (TPSA) is 29.3 Å². The van der Waals surface area contributed by atoms with Gasteiger partial charge in [-0.25, -0.2) is 0 Å². The Morgan fingerprint density at radius 1 is 0.875 bits per heavy atom. The number of nitrogens with zero attached hydrogens (tertiary/aromatic N) is 1. The van der Waals surface area contributed by atoms with E-state index in [9.17, 15) is 0 Å². The fourth-order valence-electron chi connectivity index (χ4n) is 2.04. The molecule has 0 aliphatic heterocycles. The van der Waals surface area contributed by atoms with Crippen LogP contribution in [0.4, 0.5) is 0 Å². The molecule has 0 amide bonds. The molecule has 0 aromatic rings. The van der Waals surface area contributed by atoms with Gasteiger partial charge < -0.3 is 10.6 Å². The fourth-order valence-corrected chi connectivity index (χ4v) is 2.04. The van der Waals surface area contributed by atoms with Crippen molar-refractivity contribution in [3.8, 4) is 0 Å². The highest BCUT2D eigenvalue weighted by Crippen LogP contribution is 2.10. The van der Waals surface area contributed by atoms with E-state index in [4.69, 9.17) is 5.73 Å². The maximum absolute atomic E-state index is 6.24. The summed E-state index contributed by atoms with van der Waals surface area (Å²) in [5.41, 5.74) is 6.24. The minimum atomic E-state index is 0.322. The molecule has 0 fully saturated rings. The normalized spacial score (nSPS) is 16.1. The zero-order valence-corrected chi connectivity index (χ0v) is 12.2. The van der Waals surface area contributed by atoms with Gasteiger partial charge in [-0.15, -0.1) is 0 Å². The molecule has 0 saturated carbocycles. The Labute approximate surface area is 103 Å². The lowest BCUT2D eigenvalue weighted by molar-refractivity contribution is 0.191. The quantitative estimate of drug-likeness (QED) is 0.692. The molecule has 0 unspecified atom stereocenters. The van der Waals surface area contributed by atoms with Gasteiger partial charge in [-0.2, -0.15) is 0 Å². The third kappa shape index (κ3) is 7.24. The SMILES string of the molecule is CC[C@@H](C)[C@H](N)CN(CC(C)C)CC(C)C. The first kappa shape index (κ1) is 15.9. The summed E-state index contributed by atoms with van der Waals surface area (Å²) in [4.78, 5) is 2.53. The van der Waals surface area contributed by atoms with Gasteiger partial charge in [0.05, 0.1) is 0 Å². The van der Waals surface area contributed by atoms with Gasteiger partial charge in [0.1, 0.15) is 0 Å². The molecule has 2 N–H and O–H groups in total. The van der Waals surface area contributed by atoms with Gasteiger partial charge in [0.15, 0.2) is 0 Å². The molecule has 0 rings (SSSR count). The Morgan fingerprint density at radius 3 is 1.62 bits per heavy atom. The van der Waals surface area contributed by atoms with E-state index in [1.165, 1.54) is 19.5 Å². The van der Waals surface area contributed by atoms with E-state index >= 15 is 0 Å². The molecule has 2 nitrogen and oxygen atoms in total. The molecule has 0 bridgehead atoms. The summed E-state index contributed by atoms with van der Waals surface area (Å²) in [5, 5.41) is 0. The van der Waals surface area contributed by atoms with Crippen molar-refractivity contribution < 1.29 is 0 Å².